The largest absolute Gasteiger partial charge is 0.508 e. The maximum absolute atomic E-state index is 12.9. The molecule has 3 aromatic rings. The van der Waals surface area contributed by atoms with E-state index in [1.54, 1.807) is 29.8 Å². The number of nitrogens with one attached hydrogen (secondary N) is 1. The molecule has 1 atom stereocenters. The molecule has 0 unspecified atom stereocenters. The molecule has 2 aromatic carbocycles. The Balaban J connectivity index is 1.74. The molecule has 1 aromatic heterocycles. The molecule has 6 nitrogen and oxygen atoms in total. The highest BCUT2D eigenvalue weighted by molar-refractivity contribution is 7.98. The molecule has 28 heavy (non-hydrogen) atoms. The maximum Gasteiger partial charge on any atom is 0.279 e. The van der Waals surface area contributed by atoms with Gasteiger partial charge in [0.2, 0.25) is 5.91 Å². The fraction of sp³-hybridized carbons (Fsp3) is 0.190. The van der Waals surface area contributed by atoms with Gasteiger partial charge in [-0.3, -0.25) is 9.59 Å². The predicted octanol–water partition coefficient (Wildman–Crippen LogP) is 3.25. The Morgan fingerprint density at radius 3 is 2.71 bits per heavy atom. The molecule has 0 spiro atoms. The van der Waals surface area contributed by atoms with Gasteiger partial charge in [0.1, 0.15) is 11.6 Å². The third kappa shape index (κ3) is 3.53. The van der Waals surface area contributed by atoms with Gasteiger partial charge in [0.25, 0.3) is 5.56 Å². The second-order valence-corrected chi connectivity index (χ2v) is 7.64. The molecule has 0 aliphatic carbocycles. The lowest BCUT2D eigenvalue weighted by Crippen LogP contribution is -2.33. The maximum atomic E-state index is 12.9. The van der Waals surface area contributed by atoms with Crippen LogP contribution in [0.25, 0.3) is 0 Å². The molecule has 0 saturated heterocycles. The summed E-state index contributed by atoms with van der Waals surface area (Å²) in [5, 5.41) is 13.2. The van der Waals surface area contributed by atoms with Crippen LogP contribution >= 0.6 is 11.8 Å². The molecule has 0 saturated carbocycles. The summed E-state index contributed by atoms with van der Waals surface area (Å²) >= 11 is 1.45. The molecule has 1 aliphatic heterocycles. The Morgan fingerprint density at radius 2 is 1.96 bits per heavy atom. The van der Waals surface area contributed by atoms with Gasteiger partial charge in [0.05, 0.1) is 5.56 Å². The SMILES string of the molecule is Cn1c(SCc2ccccc2)nc(=O)c2c1NC(=O)C[C@H]2c1cccc(O)c1. The lowest BCUT2D eigenvalue weighted by molar-refractivity contribution is -0.116. The van der Waals surface area contributed by atoms with Crippen molar-refractivity contribution in [3.63, 3.8) is 0 Å². The fourth-order valence-corrected chi connectivity index (χ4v) is 4.33. The van der Waals surface area contributed by atoms with E-state index in [1.807, 2.05) is 36.4 Å². The second-order valence-electron chi connectivity index (χ2n) is 6.69. The third-order valence-corrected chi connectivity index (χ3v) is 5.89. The average molecular weight is 393 g/mol. The van der Waals surface area contributed by atoms with Crippen molar-refractivity contribution in [3.8, 4) is 5.75 Å². The van der Waals surface area contributed by atoms with Crippen LogP contribution < -0.4 is 10.9 Å². The molecule has 2 N–H and O–H groups in total. The number of benzene rings is 2. The lowest BCUT2D eigenvalue weighted by atomic mass is 9.86. The number of anilines is 1. The first-order chi connectivity index (χ1) is 13.5. The summed E-state index contributed by atoms with van der Waals surface area (Å²) in [5.41, 5.74) is 1.95. The zero-order valence-electron chi connectivity index (χ0n) is 15.3. The highest BCUT2D eigenvalue weighted by Gasteiger charge is 2.32. The standard InChI is InChI=1S/C21H19N3O3S/c1-24-19-18(16(11-17(26)22-19)14-8-5-9-15(25)10-14)20(27)23-21(24)28-12-13-6-3-2-4-7-13/h2-10,16,25H,11-12H2,1H3,(H,22,26)/t16-/m0/s1. The first-order valence-electron chi connectivity index (χ1n) is 8.89. The Kier molecular flexibility index (Phi) is 4.92. The minimum Gasteiger partial charge on any atom is -0.508 e. The fourth-order valence-electron chi connectivity index (χ4n) is 3.41. The molecular weight excluding hydrogens is 374 g/mol. The van der Waals surface area contributed by atoms with Crippen molar-refractivity contribution in [2.24, 2.45) is 7.05 Å². The van der Waals surface area contributed by atoms with E-state index in [-0.39, 0.29) is 23.6 Å². The van der Waals surface area contributed by atoms with Crippen molar-refractivity contribution in [1.82, 2.24) is 9.55 Å². The molecule has 2 heterocycles. The topological polar surface area (TPSA) is 84.2 Å². The van der Waals surface area contributed by atoms with E-state index < -0.39 is 5.92 Å². The predicted molar refractivity (Wildman–Crippen MR) is 109 cm³/mol. The highest BCUT2D eigenvalue weighted by Crippen LogP contribution is 2.36. The van der Waals surface area contributed by atoms with E-state index in [0.717, 1.165) is 11.1 Å². The molecule has 4 rings (SSSR count). The number of aromatic hydroxyl groups is 1. The zero-order valence-corrected chi connectivity index (χ0v) is 16.1. The average Bonchev–Trinajstić information content (AvgIpc) is 2.69. The number of fused-ring (bicyclic) bond motifs is 1. The molecule has 1 aliphatic rings. The van der Waals surface area contributed by atoms with Crippen LogP contribution in [-0.4, -0.2) is 20.6 Å². The van der Waals surface area contributed by atoms with Crippen molar-refractivity contribution in [3.05, 3.63) is 81.6 Å². The van der Waals surface area contributed by atoms with Crippen molar-refractivity contribution in [2.75, 3.05) is 5.32 Å². The molecule has 0 bridgehead atoms. The second kappa shape index (κ2) is 7.52. The van der Waals surface area contributed by atoms with Gasteiger partial charge in [0, 0.05) is 25.1 Å². The number of thioether (sulfide) groups is 1. The number of aromatic nitrogens is 2. The lowest BCUT2D eigenvalue weighted by Gasteiger charge is -2.27. The minimum atomic E-state index is -0.435. The van der Waals surface area contributed by atoms with Gasteiger partial charge in [-0.25, -0.2) is 0 Å². The van der Waals surface area contributed by atoms with E-state index in [9.17, 15) is 14.7 Å². The zero-order chi connectivity index (χ0) is 19.7. The summed E-state index contributed by atoms with van der Waals surface area (Å²) in [6.07, 6.45) is 0.143. The number of carbonyl (C=O) groups excluding carboxylic acids is 1. The van der Waals surface area contributed by atoms with E-state index in [1.165, 1.54) is 11.8 Å². The quantitative estimate of drug-likeness (QED) is 0.525. The minimum absolute atomic E-state index is 0.102. The number of rotatable bonds is 4. The van der Waals surface area contributed by atoms with Crippen molar-refractivity contribution >= 4 is 23.5 Å². The molecule has 0 radical (unpaired) electrons. The van der Waals surface area contributed by atoms with Gasteiger partial charge in [-0.2, -0.15) is 4.98 Å². The van der Waals surface area contributed by atoms with Crippen molar-refractivity contribution < 1.29 is 9.90 Å². The van der Waals surface area contributed by atoms with Crippen LogP contribution in [0.5, 0.6) is 5.75 Å². The van der Waals surface area contributed by atoms with Gasteiger partial charge < -0.3 is 15.0 Å². The van der Waals surface area contributed by atoms with Crippen LogP contribution in [0.4, 0.5) is 5.82 Å². The summed E-state index contributed by atoms with van der Waals surface area (Å²) in [4.78, 5) is 29.5. The Morgan fingerprint density at radius 1 is 1.18 bits per heavy atom. The van der Waals surface area contributed by atoms with Gasteiger partial charge in [-0.05, 0) is 23.3 Å². The Hall–Kier alpha value is -3.06. The number of nitrogens with zero attached hydrogens (tertiary/aromatic N) is 2. The molecule has 7 heteroatoms. The number of hydrogen-bond donors (Lipinski definition) is 2. The van der Waals surface area contributed by atoms with Crippen LogP contribution in [0.15, 0.2) is 64.5 Å². The van der Waals surface area contributed by atoms with Gasteiger partial charge in [-0.15, -0.1) is 0 Å². The van der Waals surface area contributed by atoms with Gasteiger partial charge in [-0.1, -0.05) is 54.2 Å². The first kappa shape index (κ1) is 18.3. The monoisotopic (exact) mass is 393 g/mol. The Labute approximate surface area is 166 Å². The third-order valence-electron chi connectivity index (χ3n) is 4.78. The van der Waals surface area contributed by atoms with E-state index in [0.29, 0.717) is 22.3 Å². The van der Waals surface area contributed by atoms with Gasteiger partial charge in [0.15, 0.2) is 5.16 Å². The van der Waals surface area contributed by atoms with Crippen LogP contribution in [0.3, 0.4) is 0 Å². The molecule has 142 valence electrons. The summed E-state index contributed by atoms with van der Waals surface area (Å²) < 4.78 is 1.76. The van der Waals surface area contributed by atoms with Crippen LogP contribution in [0.2, 0.25) is 0 Å². The molecule has 1 amide bonds. The number of carbonyl (C=O) groups is 1. The van der Waals surface area contributed by atoms with Crippen LogP contribution in [0.1, 0.15) is 29.0 Å². The smallest absolute Gasteiger partial charge is 0.279 e. The Bertz CT molecular complexity index is 1100. The first-order valence-corrected chi connectivity index (χ1v) is 9.88. The summed E-state index contributed by atoms with van der Waals surface area (Å²) in [7, 11) is 1.80. The number of hydrogen-bond acceptors (Lipinski definition) is 5. The van der Waals surface area contributed by atoms with Crippen LogP contribution in [0, 0.1) is 0 Å². The molecule has 0 fully saturated rings. The van der Waals surface area contributed by atoms with E-state index in [2.05, 4.69) is 10.3 Å². The molecular formula is C21H19N3O3S. The van der Waals surface area contributed by atoms with E-state index in [4.69, 9.17) is 0 Å². The summed E-state index contributed by atoms with van der Waals surface area (Å²) in [5.74, 6) is 0.644. The number of phenolic OH excluding ortho intramolecular Hbond substituents is 1. The number of amides is 1. The number of phenols is 1. The van der Waals surface area contributed by atoms with Crippen molar-refractivity contribution in [2.45, 2.75) is 23.2 Å². The normalized spacial score (nSPS) is 15.8. The summed E-state index contributed by atoms with van der Waals surface area (Å²) in [6.45, 7) is 0. The highest BCUT2D eigenvalue weighted by atomic mass is 32.2. The summed E-state index contributed by atoms with van der Waals surface area (Å²) in [6, 6.07) is 16.6. The van der Waals surface area contributed by atoms with Gasteiger partial charge >= 0.3 is 0 Å². The van der Waals surface area contributed by atoms with Crippen molar-refractivity contribution in [1.29, 1.82) is 0 Å². The van der Waals surface area contributed by atoms with E-state index >= 15 is 0 Å². The van der Waals surface area contributed by atoms with Crippen LogP contribution in [-0.2, 0) is 17.6 Å².